The molecule has 0 aliphatic carbocycles. The number of benzene rings is 2. The normalized spacial score (nSPS) is 9.95. The van der Waals surface area contributed by atoms with Gasteiger partial charge in [-0.15, -0.1) is 0 Å². The molecule has 96 valence electrons. The molecule has 4 heteroatoms. The van der Waals surface area contributed by atoms with E-state index in [1.54, 1.807) is 24.3 Å². The summed E-state index contributed by atoms with van der Waals surface area (Å²) in [4.78, 5) is 0. The van der Waals surface area contributed by atoms with Gasteiger partial charge < -0.3 is 9.84 Å². The molecule has 0 bridgehead atoms. The summed E-state index contributed by atoms with van der Waals surface area (Å²) in [6.45, 7) is -0.0360. The van der Waals surface area contributed by atoms with Gasteiger partial charge in [0.25, 0.3) is 0 Å². The van der Waals surface area contributed by atoms with E-state index in [2.05, 4.69) is 0 Å². The summed E-state index contributed by atoms with van der Waals surface area (Å²) in [5, 5.41) is 17.8. The molecule has 1 N–H and O–H groups in total. The van der Waals surface area contributed by atoms with Crippen LogP contribution in [0.3, 0.4) is 0 Å². The molecule has 0 aliphatic heterocycles. The van der Waals surface area contributed by atoms with E-state index < -0.39 is 5.82 Å². The number of aliphatic hydroxyl groups is 1. The van der Waals surface area contributed by atoms with Gasteiger partial charge in [-0.25, -0.2) is 4.39 Å². The van der Waals surface area contributed by atoms with E-state index in [1.165, 1.54) is 18.2 Å². The fourth-order valence-corrected chi connectivity index (χ4v) is 1.65. The Morgan fingerprint density at radius 3 is 2.79 bits per heavy atom. The standard InChI is InChI=1S/C15H12FNO2/c16-15-5-4-11(8-17)6-13(15)10-19-14-3-1-2-12(7-14)9-18/h1-7,18H,9-10H2. The number of nitrogens with zero attached hydrogens (tertiary/aromatic N) is 1. The second-order valence-electron chi connectivity index (χ2n) is 4.01. The van der Waals surface area contributed by atoms with Gasteiger partial charge in [0.2, 0.25) is 0 Å². The van der Waals surface area contributed by atoms with Gasteiger partial charge in [-0.1, -0.05) is 12.1 Å². The fourth-order valence-electron chi connectivity index (χ4n) is 1.65. The first-order valence-electron chi connectivity index (χ1n) is 5.74. The van der Waals surface area contributed by atoms with Crippen LogP contribution in [0.5, 0.6) is 5.75 Å². The summed E-state index contributed by atoms with van der Waals surface area (Å²) in [6, 6.07) is 13.0. The molecule has 0 saturated heterocycles. The summed E-state index contributed by atoms with van der Waals surface area (Å²) < 4.78 is 19.0. The van der Waals surface area contributed by atoms with Crippen molar-refractivity contribution in [1.82, 2.24) is 0 Å². The molecular formula is C15H12FNO2. The molecular weight excluding hydrogens is 245 g/mol. The van der Waals surface area contributed by atoms with Crippen LogP contribution in [0.2, 0.25) is 0 Å². The molecule has 2 aromatic carbocycles. The van der Waals surface area contributed by atoms with Crippen LogP contribution < -0.4 is 4.74 Å². The molecule has 2 rings (SSSR count). The lowest BCUT2D eigenvalue weighted by Crippen LogP contribution is -1.99. The lowest BCUT2D eigenvalue weighted by atomic mass is 10.1. The first-order chi connectivity index (χ1) is 9.22. The Hall–Kier alpha value is -2.38. The summed E-state index contributed by atoms with van der Waals surface area (Å²) >= 11 is 0. The summed E-state index contributed by atoms with van der Waals surface area (Å²) in [5.41, 5.74) is 1.45. The molecule has 3 nitrogen and oxygen atoms in total. The van der Waals surface area contributed by atoms with Crippen molar-refractivity contribution in [3.05, 3.63) is 65.0 Å². The van der Waals surface area contributed by atoms with Gasteiger partial charge in [0.05, 0.1) is 18.2 Å². The predicted octanol–water partition coefficient (Wildman–Crippen LogP) is 2.77. The van der Waals surface area contributed by atoms with Crippen molar-refractivity contribution < 1.29 is 14.2 Å². The molecule has 0 heterocycles. The Balaban J connectivity index is 2.12. The van der Waals surface area contributed by atoms with E-state index >= 15 is 0 Å². The van der Waals surface area contributed by atoms with Crippen molar-refractivity contribution in [2.24, 2.45) is 0 Å². The van der Waals surface area contributed by atoms with Crippen LogP contribution in [-0.2, 0) is 13.2 Å². The third-order valence-electron chi connectivity index (χ3n) is 2.65. The Bertz CT molecular complexity index is 620. The Morgan fingerprint density at radius 1 is 1.21 bits per heavy atom. The lowest BCUT2D eigenvalue weighted by Gasteiger charge is -2.08. The van der Waals surface area contributed by atoms with E-state index in [0.29, 0.717) is 16.9 Å². The van der Waals surface area contributed by atoms with E-state index in [0.717, 1.165) is 5.56 Å². The molecule has 0 amide bonds. The van der Waals surface area contributed by atoms with Gasteiger partial charge in [0.1, 0.15) is 18.2 Å². The Morgan fingerprint density at radius 2 is 2.05 bits per heavy atom. The van der Waals surface area contributed by atoms with Crippen molar-refractivity contribution in [1.29, 1.82) is 5.26 Å². The number of hydrogen-bond acceptors (Lipinski definition) is 3. The van der Waals surface area contributed by atoms with Crippen LogP contribution in [0.1, 0.15) is 16.7 Å². The van der Waals surface area contributed by atoms with E-state index in [-0.39, 0.29) is 13.2 Å². The highest BCUT2D eigenvalue weighted by atomic mass is 19.1. The summed E-state index contributed by atoms with van der Waals surface area (Å²) in [6.07, 6.45) is 0. The maximum absolute atomic E-state index is 13.5. The minimum absolute atomic E-state index is 0.0379. The van der Waals surface area contributed by atoms with Gasteiger partial charge in [0.15, 0.2) is 0 Å². The van der Waals surface area contributed by atoms with Crippen molar-refractivity contribution in [2.75, 3.05) is 0 Å². The molecule has 0 saturated carbocycles. The number of ether oxygens (including phenoxy) is 1. The van der Waals surface area contributed by atoms with Gasteiger partial charge in [-0.3, -0.25) is 0 Å². The first kappa shape index (κ1) is 13.1. The fraction of sp³-hybridized carbons (Fsp3) is 0.133. The summed E-state index contributed by atoms with van der Waals surface area (Å²) in [7, 11) is 0. The molecule has 0 aliphatic rings. The van der Waals surface area contributed by atoms with Crippen LogP contribution >= 0.6 is 0 Å². The third kappa shape index (κ3) is 3.30. The lowest BCUT2D eigenvalue weighted by molar-refractivity contribution is 0.277. The zero-order chi connectivity index (χ0) is 13.7. The minimum atomic E-state index is -0.405. The van der Waals surface area contributed by atoms with Gasteiger partial charge in [-0.2, -0.15) is 5.26 Å². The van der Waals surface area contributed by atoms with Crippen LogP contribution in [0, 0.1) is 17.1 Å². The summed E-state index contributed by atoms with van der Waals surface area (Å²) in [5.74, 6) is 0.144. The zero-order valence-electron chi connectivity index (χ0n) is 10.1. The molecule has 0 spiro atoms. The highest BCUT2D eigenvalue weighted by Gasteiger charge is 2.05. The minimum Gasteiger partial charge on any atom is -0.489 e. The average Bonchev–Trinajstić information content (AvgIpc) is 2.46. The molecule has 0 unspecified atom stereocenters. The quantitative estimate of drug-likeness (QED) is 0.916. The molecule has 19 heavy (non-hydrogen) atoms. The van der Waals surface area contributed by atoms with Crippen molar-refractivity contribution >= 4 is 0 Å². The first-order valence-corrected chi connectivity index (χ1v) is 5.74. The highest BCUT2D eigenvalue weighted by Crippen LogP contribution is 2.17. The second kappa shape index (κ2) is 5.98. The molecule has 0 atom stereocenters. The zero-order valence-corrected chi connectivity index (χ0v) is 10.1. The molecule has 0 radical (unpaired) electrons. The molecule has 0 fully saturated rings. The van der Waals surface area contributed by atoms with Gasteiger partial charge >= 0.3 is 0 Å². The second-order valence-corrected chi connectivity index (χ2v) is 4.01. The van der Waals surface area contributed by atoms with Crippen LogP contribution in [-0.4, -0.2) is 5.11 Å². The van der Waals surface area contributed by atoms with E-state index in [9.17, 15) is 4.39 Å². The number of hydrogen-bond donors (Lipinski definition) is 1. The van der Waals surface area contributed by atoms with Gasteiger partial charge in [-0.05, 0) is 35.9 Å². The SMILES string of the molecule is N#Cc1ccc(F)c(COc2cccc(CO)c2)c1. The Labute approximate surface area is 110 Å². The average molecular weight is 257 g/mol. The monoisotopic (exact) mass is 257 g/mol. The topological polar surface area (TPSA) is 53.2 Å². The maximum atomic E-state index is 13.5. The van der Waals surface area contributed by atoms with Crippen molar-refractivity contribution in [3.63, 3.8) is 0 Å². The number of nitriles is 1. The van der Waals surface area contributed by atoms with E-state index in [4.69, 9.17) is 15.1 Å². The number of rotatable bonds is 4. The van der Waals surface area contributed by atoms with Crippen LogP contribution in [0.25, 0.3) is 0 Å². The maximum Gasteiger partial charge on any atom is 0.129 e. The van der Waals surface area contributed by atoms with Gasteiger partial charge in [0, 0.05) is 5.56 Å². The van der Waals surface area contributed by atoms with Crippen molar-refractivity contribution in [2.45, 2.75) is 13.2 Å². The predicted molar refractivity (Wildman–Crippen MR) is 67.8 cm³/mol. The van der Waals surface area contributed by atoms with E-state index in [1.807, 2.05) is 6.07 Å². The third-order valence-corrected chi connectivity index (χ3v) is 2.65. The number of halogens is 1. The number of aliphatic hydroxyl groups excluding tert-OH is 1. The Kier molecular flexibility index (Phi) is 4.11. The highest BCUT2D eigenvalue weighted by molar-refractivity contribution is 5.34. The van der Waals surface area contributed by atoms with Crippen LogP contribution in [0.4, 0.5) is 4.39 Å². The van der Waals surface area contributed by atoms with Crippen LogP contribution in [0.15, 0.2) is 42.5 Å². The largest absolute Gasteiger partial charge is 0.489 e. The molecule has 2 aromatic rings. The van der Waals surface area contributed by atoms with Crippen molar-refractivity contribution in [3.8, 4) is 11.8 Å². The smallest absolute Gasteiger partial charge is 0.129 e. The molecule has 0 aromatic heterocycles.